The molecule has 0 N–H and O–H groups in total. The van der Waals surface area contributed by atoms with E-state index >= 15 is 0 Å². The highest BCUT2D eigenvalue weighted by atomic mass is 19.1. The molecule has 3 rings (SSSR count). The fraction of sp³-hybridized carbons (Fsp3) is 0.500. The number of hydrogen-bond donors (Lipinski definition) is 0. The third-order valence-corrected chi connectivity index (χ3v) is 4.14. The van der Waals surface area contributed by atoms with Gasteiger partial charge in [-0.25, -0.2) is 9.37 Å². The van der Waals surface area contributed by atoms with Crippen LogP contribution in [0, 0.1) is 11.7 Å². The van der Waals surface area contributed by atoms with Crippen LogP contribution in [-0.4, -0.2) is 39.9 Å². The normalized spacial score (nSPS) is 19.3. The van der Waals surface area contributed by atoms with Crippen molar-refractivity contribution in [3.05, 3.63) is 42.2 Å². The van der Waals surface area contributed by atoms with Crippen molar-refractivity contribution < 1.29 is 9.13 Å². The lowest BCUT2D eigenvalue weighted by molar-refractivity contribution is 0.153. The summed E-state index contributed by atoms with van der Waals surface area (Å²) in [5.74, 6) is 0.571. The molecule has 2 heterocycles. The summed E-state index contributed by atoms with van der Waals surface area (Å²) in [4.78, 5) is 6.37. The Morgan fingerprint density at radius 3 is 3.05 bits per heavy atom. The number of likely N-dealkylation sites (tertiary alicyclic amines) is 1. The van der Waals surface area contributed by atoms with Gasteiger partial charge >= 0.3 is 0 Å². The van der Waals surface area contributed by atoms with Crippen LogP contribution in [0.5, 0.6) is 5.75 Å². The van der Waals surface area contributed by atoms with Gasteiger partial charge in [-0.05, 0) is 43.0 Å². The summed E-state index contributed by atoms with van der Waals surface area (Å²) in [6.45, 7) is 3.73. The summed E-state index contributed by atoms with van der Waals surface area (Å²) in [6, 6.07) is 5.20. The van der Waals surface area contributed by atoms with Crippen LogP contribution in [0.1, 0.15) is 18.4 Å². The van der Waals surface area contributed by atoms with Gasteiger partial charge in [0, 0.05) is 19.6 Å². The van der Waals surface area contributed by atoms with Crippen molar-refractivity contribution in [1.29, 1.82) is 0 Å². The first kappa shape index (κ1) is 15.0. The van der Waals surface area contributed by atoms with Gasteiger partial charge < -0.3 is 4.74 Å². The van der Waals surface area contributed by atoms with Crippen molar-refractivity contribution in [2.45, 2.75) is 25.9 Å². The Balaban J connectivity index is 1.59. The maximum atomic E-state index is 13.8. The van der Waals surface area contributed by atoms with E-state index in [9.17, 15) is 4.39 Å². The Hall–Kier alpha value is -1.95. The zero-order chi connectivity index (χ0) is 15.4. The van der Waals surface area contributed by atoms with Crippen molar-refractivity contribution in [3.63, 3.8) is 0 Å². The molecule has 0 unspecified atom stereocenters. The summed E-state index contributed by atoms with van der Waals surface area (Å²) in [5.41, 5.74) is 0.986. The summed E-state index contributed by atoms with van der Waals surface area (Å²) >= 11 is 0. The van der Waals surface area contributed by atoms with Gasteiger partial charge in [0.05, 0.1) is 7.11 Å². The van der Waals surface area contributed by atoms with Crippen LogP contribution in [-0.2, 0) is 13.1 Å². The number of aromatic nitrogens is 3. The van der Waals surface area contributed by atoms with Crippen LogP contribution < -0.4 is 4.74 Å². The fourth-order valence-electron chi connectivity index (χ4n) is 3.10. The lowest BCUT2D eigenvalue weighted by atomic mass is 9.97. The van der Waals surface area contributed by atoms with Crippen molar-refractivity contribution in [2.75, 3.05) is 20.2 Å². The Morgan fingerprint density at radius 2 is 2.32 bits per heavy atom. The minimum Gasteiger partial charge on any atom is -0.494 e. The SMILES string of the molecule is COc1ccc(CN2CCC[C@@H](Cn3cncn3)C2)cc1F. The molecule has 0 aliphatic carbocycles. The molecule has 0 amide bonds. The van der Waals surface area contributed by atoms with E-state index in [-0.39, 0.29) is 5.82 Å². The largest absolute Gasteiger partial charge is 0.494 e. The first-order valence-corrected chi connectivity index (χ1v) is 7.62. The molecule has 5 nitrogen and oxygen atoms in total. The molecule has 1 saturated heterocycles. The van der Waals surface area contributed by atoms with E-state index in [2.05, 4.69) is 15.0 Å². The maximum Gasteiger partial charge on any atom is 0.165 e. The lowest BCUT2D eigenvalue weighted by Crippen LogP contribution is -2.36. The monoisotopic (exact) mass is 304 g/mol. The standard InChI is InChI=1S/C16H21FN4O/c1-22-16-5-4-13(7-15(16)17)8-20-6-2-3-14(9-20)10-21-12-18-11-19-21/h4-5,7,11-12,14H,2-3,6,8-10H2,1H3/t14-/m1/s1. The zero-order valence-corrected chi connectivity index (χ0v) is 12.8. The van der Waals surface area contributed by atoms with Crippen molar-refractivity contribution in [3.8, 4) is 5.75 Å². The minimum absolute atomic E-state index is 0.295. The van der Waals surface area contributed by atoms with E-state index in [1.54, 1.807) is 24.8 Å². The van der Waals surface area contributed by atoms with Crippen molar-refractivity contribution in [2.24, 2.45) is 5.92 Å². The molecular formula is C16H21FN4O. The Bertz CT molecular complexity index is 602. The van der Waals surface area contributed by atoms with Gasteiger partial charge in [0.2, 0.25) is 0 Å². The summed E-state index contributed by atoms with van der Waals surface area (Å²) in [5, 5.41) is 4.17. The number of piperidine rings is 1. The molecule has 0 spiro atoms. The molecule has 1 atom stereocenters. The third-order valence-electron chi connectivity index (χ3n) is 4.14. The van der Waals surface area contributed by atoms with Crippen LogP contribution in [0.4, 0.5) is 4.39 Å². The topological polar surface area (TPSA) is 43.2 Å². The first-order chi connectivity index (χ1) is 10.7. The Morgan fingerprint density at radius 1 is 1.41 bits per heavy atom. The second-order valence-corrected chi connectivity index (χ2v) is 5.83. The minimum atomic E-state index is -0.295. The van der Waals surface area contributed by atoms with Gasteiger partial charge in [-0.3, -0.25) is 9.58 Å². The van der Waals surface area contributed by atoms with E-state index in [0.717, 1.165) is 38.2 Å². The number of rotatable bonds is 5. The van der Waals surface area contributed by atoms with Crippen molar-refractivity contribution in [1.82, 2.24) is 19.7 Å². The van der Waals surface area contributed by atoms with Gasteiger partial charge in [-0.15, -0.1) is 0 Å². The van der Waals surface area contributed by atoms with E-state index < -0.39 is 0 Å². The van der Waals surface area contributed by atoms with E-state index in [1.165, 1.54) is 13.5 Å². The van der Waals surface area contributed by atoms with E-state index in [0.29, 0.717) is 11.7 Å². The second-order valence-electron chi connectivity index (χ2n) is 5.83. The average Bonchev–Trinajstić information content (AvgIpc) is 3.01. The molecule has 1 aliphatic rings. The highest BCUT2D eigenvalue weighted by Crippen LogP contribution is 2.22. The molecule has 2 aromatic rings. The first-order valence-electron chi connectivity index (χ1n) is 7.62. The van der Waals surface area contributed by atoms with Gasteiger partial charge in [0.1, 0.15) is 12.7 Å². The molecule has 0 radical (unpaired) electrons. The molecular weight excluding hydrogens is 283 g/mol. The average molecular weight is 304 g/mol. The molecule has 22 heavy (non-hydrogen) atoms. The molecule has 1 aliphatic heterocycles. The number of halogens is 1. The number of methoxy groups -OCH3 is 1. The predicted octanol–water partition coefficient (Wildman–Crippen LogP) is 2.34. The van der Waals surface area contributed by atoms with Gasteiger partial charge in [-0.2, -0.15) is 5.10 Å². The molecule has 1 aromatic heterocycles. The number of nitrogens with zero attached hydrogens (tertiary/aromatic N) is 4. The fourth-order valence-corrected chi connectivity index (χ4v) is 3.10. The number of benzene rings is 1. The molecule has 0 saturated carbocycles. The van der Waals surface area contributed by atoms with Gasteiger partial charge in [0.15, 0.2) is 11.6 Å². The summed E-state index contributed by atoms with van der Waals surface area (Å²) < 4.78 is 20.6. The highest BCUT2D eigenvalue weighted by molar-refractivity contribution is 5.29. The van der Waals surface area contributed by atoms with Crippen LogP contribution in [0.15, 0.2) is 30.9 Å². The molecule has 0 bridgehead atoms. The van der Waals surface area contributed by atoms with Crippen LogP contribution in [0.2, 0.25) is 0 Å². The van der Waals surface area contributed by atoms with Gasteiger partial charge in [0.25, 0.3) is 0 Å². The second kappa shape index (κ2) is 6.87. The van der Waals surface area contributed by atoms with Crippen LogP contribution in [0.3, 0.4) is 0 Å². The molecule has 118 valence electrons. The highest BCUT2D eigenvalue weighted by Gasteiger charge is 2.21. The molecule has 1 aromatic carbocycles. The lowest BCUT2D eigenvalue weighted by Gasteiger charge is -2.32. The molecule has 6 heteroatoms. The summed E-state index contributed by atoms with van der Waals surface area (Å²) in [6.07, 6.45) is 5.70. The quantitative estimate of drug-likeness (QED) is 0.850. The zero-order valence-electron chi connectivity index (χ0n) is 12.8. The van der Waals surface area contributed by atoms with E-state index in [4.69, 9.17) is 4.74 Å². The Labute approximate surface area is 129 Å². The van der Waals surface area contributed by atoms with E-state index in [1.807, 2.05) is 10.7 Å². The third kappa shape index (κ3) is 3.62. The van der Waals surface area contributed by atoms with Gasteiger partial charge in [-0.1, -0.05) is 6.07 Å². The summed E-state index contributed by atoms with van der Waals surface area (Å²) in [7, 11) is 1.48. The smallest absolute Gasteiger partial charge is 0.165 e. The predicted molar refractivity (Wildman–Crippen MR) is 81.0 cm³/mol. The Kier molecular flexibility index (Phi) is 4.68. The number of ether oxygens (including phenoxy) is 1. The van der Waals surface area contributed by atoms with Crippen LogP contribution in [0.25, 0.3) is 0 Å². The van der Waals surface area contributed by atoms with Crippen molar-refractivity contribution >= 4 is 0 Å². The maximum absolute atomic E-state index is 13.8. The molecule has 1 fully saturated rings. The number of hydrogen-bond acceptors (Lipinski definition) is 4. The van der Waals surface area contributed by atoms with Crippen LogP contribution >= 0.6 is 0 Å².